The molecule has 0 saturated carbocycles. The summed E-state index contributed by atoms with van der Waals surface area (Å²) in [4.78, 5) is 12.1. The van der Waals surface area contributed by atoms with E-state index >= 15 is 0 Å². The Morgan fingerprint density at radius 3 is 2.61 bits per heavy atom. The zero-order valence-electron chi connectivity index (χ0n) is 9.83. The van der Waals surface area contributed by atoms with Gasteiger partial charge in [0.05, 0.1) is 15.7 Å². The number of carbonyl (C=O) groups is 1. The third-order valence-electron chi connectivity index (χ3n) is 3.06. The van der Waals surface area contributed by atoms with E-state index in [0.29, 0.717) is 15.7 Å². The van der Waals surface area contributed by atoms with Crippen LogP contribution >= 0.6 is 23.2 Å². The average Bonchev–Trinajstić information content (AvgIpc) is 2.34. The van der Waals surface area contributed by atoms with Crippen LogP contribution in [0.2, 0.25) is 10.0 Å². The summed E-state index contributed by atoms with van der Waals surface area (Å²) in [5.41, 5.74) is 0.449. The predicted molar refractivity (Wildman–Crippen MR) is 73.6 cm³/mol. The van der Waals surface area contributed by atoms with Crippen LogP contribution in [0, 0.1) is 0 Å². The molecule has 98 valence electrons. The maximum absolute atomic E-state index is 12.1. The number of hydrazine groups is 1. The number of anilines is 1. The molecule has 0 aliphatic carbocycles. The van der Waals surface area contributed by atoms with Crippen molar-refractivity contribution in [3.63, 3.8) is 0 Å². The Balaban J connectivity index is 2.11. The molecule has 1 aliphatic rings. The molecule has 2 rings (SSSR count). The van der Waals surface area contributed by atoms with E-state index in [9.17, 15) is 4.79 Å². The molecule has 1 unspecified atom stereocenters. The first-order chi connectivity index (χ1) is 8.59. The molecular weight excluding hydrogens is 273 g/mol. The van der Waals surface area contributed by atoms with E-state index in [1.54, 1.807) is 23.2 Å². The van der Waals surface area contributed by atoms with Gasteiger partial charge in [0.1, 0.15) is 6.04 Å². The minimum atomic E-state index is -0.314. The van der Waals surface area contributed by atoms with Crippen molar-refractivity contribution in [2.45, 2.75) is 25.3 Å². The fourth-order valence-corrected chi connectivity index (χ4v) is 2.55. The summed E-state index contributed by atoms with van der Waals surface area (Å²) in [6.07, 6.45) is 2.78. The van der Waals surface area contributed by atoms with Gasteiger partial charge in [0.2, 0.25) is 5.91 Å². The standard InChI is InChI=1S/C12H15Cl2N3O/c13-8-4-3-5-9(14)11(8)16-12(18)10-6-1-2-7-17(10)15/h3-5,10H,1-2,6-7,15H2,(H,16,18). The van der Waals surface area contributed by atoms with Crippen molar-refractivity contribution in [1.82, 2.24) is 5.01 Å². The van der Waals surface area contributed by atoms with Gasteiger partial charge < -0.3 is 5.32 Å². The number of rotatable bonds is 2. The third kappa shape index (κ3) is 2.95. The van der Waals surface area contributed by atoms with Crippen LogP contribution in [0.3, 0.4) is 0 Å². The molecule has 0 aromatic heterocycles. The van der Waals surface area contributed by atoms with Crippen LogP contribution in [0.15, 0.2) is 18.2 Å². The van der Waals surface area contributed by atoms with Crippen molar-refractivity contribution in [2.24, 2.45) is 5.84 Å². The van der Waals surface area contributed by atoms with Crippen LogP contribution in [0.1, 0.15) is 19.3 Å². The normalized spacial score (nSPS) is 20.7. The first-order valence-electron chi connectivity index (χ1n) is 5.86. The number of piperidine rings is 1. The number of para-hydroxylation sites is 1. The highest BCUT2D eigenvalue weighted by Crippen LogP contribution is 2.30. The van der Waals surface area contributed by atoms with Gasteiger partial charge in [0.15, 0.2) is 0 Å². The van der Waals surface area contributed by atoms with Crippen LogP contribution in [0.25, 0.3) is 0 Å². The van der Waals surface area contributed by atoms with Gasteiger partial charge in [-0.2, -0.15) is 0 Å². The van der Waals surface area contributed by atoms with Gasteiger partial charge >= 0.3 is 0 Å². The molecule has 0 bridgehead atoms. The molecule has 1 aromatic rings. The molecule has 3 N–H and O–H groups in total. The Morgan fingerprint density at radius 1 is 1.33 bits per heavy atom. The van der Waals surface area contributed by atoms with Crippen LogP contribution in [-0.4, -0.2) is 23.5 Å². The number of nitrogens with one attached hydrogen (secondary N) is 1. The lowest BCUT2D eigenvalue weighted by molar-refractivity contribution is -0.122. The van der Waals surface area contributed by atoms with Crippen molar-refractivity contribution in [2.75, 3.05) is 11.9 Å². The zero-order chi connectivity index (χ0) is 13.1. The van der Waals surface area contributed by atoms with Gasteiger partial charge in [-0.05, 0) is 31.4 Å². The fourth-order valence-electron chi connectivity index (χ4n) is 2.06. The highest BCUT2D eigenvalue weighted by molar-refractivity contribution is 6.39. The topological polar surface area (TPSA) is 58.4 Å². The lowest BCUT2D eigenvalue weighted by atomic mass is 10.0. The summed E-state index contributed by atoms with van der Waals surface area (Å²) in [5.74, 6) is 5.66. The van der Waals surface area contributed by atoms with E-state index in [1.807, 2.05) is 0 Å². The summed E-state index contributed by atoms with van der Waals surface area (Å²) >= 11 is 12.0. The lowest BCUT2D eigenvalue weighted by Gasteiger charge is -2.30. The second-order valence-corrected chi connectivity index (χ2v) is 5.15. The molecule has 1 aliphatic heterocycles. The summed E-state index contributed by atoms with van der Waals surface area (Å²) in [5, 5.41) is 5.18. The molecule has 0 spiro atoms. The third-order valence-corrected chi connectivity index (χ3v) is 3.69. The van der Waals surface area contributed by atoms with E-state index in [2.05, 4.69) is 5.32 Å². The lowest BCUT2D eigenvalue weighted by Crippen LogP contribution is -2.50. The Hall–Kier alpha value is -0.810. The maximum atomic E-state index is 12.1. The van der Waals surface area contributed by atoms with Crippen molar-refractivity contribution < 1.29 is 4.79 Å². The number of nitrogens with zero attached hydrogens (tertiary/aromatic N) is 1. The van der Waals surface area contributed by atoms with E-state index in [4.69, 9.17) is 29.0 Å². The van der Waals surface area contributed by atoms with Gasteiger partial charge in [-0.3, -0.25) is 10.6 Å². The zero-order valence-corrected chi connectivity index (χ0v) is 11.3. The van der Waals surface area contributed by atoms with Gasteiger partial charge in [-0.25, -0.2) is 5.01 Å². The molecule has 1 amide bonds. The van der Waals surface area contributed by atoms with Crippen molar-refractivity contribution in [3.05, 3.63) is 28.2 Å². The molecule has 1 aromatic carbocycles. The molecule has 4 nitrogen and oxygen atoms in total. The van der Waals surface area contributed by atoms with Gasteiger partial charge in [-0.1, -0.05) is 29.3 Å². The van der Waals surface area contributed by atoms with E-state index in [-0.39, 0.29) is 11.9 Å². The molecule has 1 atom stereocenters. The SMILES string of the molecule is NN1CCCCC1C(=O)Nc1c(Cl)cccc1Cl. The number of amides is 1. The number of nitrogens with two attached hydrogens (primary N) is 1. The van der Waals surface area contributed by atoms with Crippen LogP contribution in [0.4, 0.5) is 5.69 Å². The average molecular weight is 288 g/mol. The Kier molecular flexibility index (Phi) is 4.45. The molecule has 0 radical (unpaired) electrons. The Bertz CT molecular complexity index is 433. The second-order valence-electron chi connectivity index (χ2n) is 4.34. The first-order valence-corrected chi connectivity index (χ1v) is 6.61. The number of hydrogen-bond donors (Lipinski definition) is 2. The van der Waals surface area contributed by atoms with Crippen molar-refractivity contribution >= 4 is 34.8 Å². The van der Waals surface area contributed by atoms with Crippen LogP contribution in [0.5, 0.6) is 0 Å². The number of halogens is 2. The summed E-state index contributed by atoms with van der Waals surface area (Å²) in [7, 11) is 0. The Morgan fingerprint density at radius 2 is 2.00 bits per heavy atom. The predicted octanol–water partition coefficient (Wildman–Crippen LogP) is 2.66. The molecule has 1 heterocycles. The second kappa shape index (κ2) is 5.89. The summed E-state index contributed by atoms with van der Waals surface area (Å²) in [6.45, 7) is 0.730. The van der Waals surface area contributed by atoms with Crippen molar-refractivity contribution in [1.29, 1.82) is 0 Å². The highest BCUT2D eigenvalue weighted by Gasteiger charge is 2.27. The largest absolute Gasteiger partial charge is 0.322 e. The smallest absolute Gasteiger partial charge is 0.243 e. The number of hydrogen-bond acceptors (Lipinski definition) is 3. The van der Waals surface area contributed by atoms with E-state index in [1.165, 1.54) is 0 Å². The van der Waals surface area contributed by atoms with Gasteiger partial charge in [0, 0.05) is 6.54 Å². The Labute approximate surface area is 116 Å². The summed E-state index contributed by atoms with van der Waals surface area (Å²) < 4.78 is 0. The number of carbonyl (C=O) groups excluding carboxylic acids is 1. The minimum absolute atomic E-state index is 0.160. The first kappa shape index (κ1) is 13.6. The molecule has 1 fully saturated rings. The van der Waals surface area contributed by atoms with Crippen molar-refractivity contribution in [3.8, 4) is 0 Å². The van der Waals surface area contributed by atoms with Crippen LogP contribution in [-0.2, 0) is 4.79 Å². The monoisotopic (exact) mass is 287 g/mol. The van der Waals surface area contributed by atoms with Crippen LogP contribution < -0.4 is 11.2 Å². The van der Waals surface area contributed by atoms with Gasteiger partial charge in [-0.15, -0.1) is 0 Å². The molecule has 1 saturated heterocycles. The molecule has 6 heteroatoms. The quantitative estimate of drug-likeness (QED) is 0.823. The highest BCUT2D eigenvalue weighted by atomic mass is 35.5. The minimum Gasteiger partial charge on any atom is -0.322 e. The summed E-state index contributed by atoms with van der Waals surface area (Å²) in [6, 6.07) is 4.79. The molecule has 18 heavy (non-hydrogen) atoms. The number of benzene rings is 1. The fraction of sp³-hybridized carbons (Fsp3) is 0.417. The van der Waals surface area contributed by atoms with Gasteiger partial charge in [0.25, 0.3) is 0 Å². The maximum Gasteiger partial charge on any atom is 0.243 e. The van der Waals surface area contributed by atoms with E-state index in [0.717, 1.165) is 25.8 Å². The molecular formula is C12H15Cl2N3O. The van der Waals surface area contributed by atoms with E-state index < -0.39 is 0 Å².